The normalized spacial score (nSPS) is 10.7. The third-order valence-corrected chi connectivity index (χ3v) is 3.67. The Morgan fingerprint density at radius 2 is 1.90 bits per heavy atom. The van der Waals surface area contributed by atoms with Gasteiger partial charge < -0.3 is 10.8 Å². The van der Waals surface area contributed by atoms with Crippen LogP contribution in [-0.4, -0.2) is 22.7 Å². The molecule has 4 N–H and O–H groups in total. The van der Waals surface area contributed by atoms with Crippen molar-refractivity contribution >= 4 is 35.3 Å². The van der Waals surface area contributed by atoms with Crippen LogP contribution in [-0.2, 0) is 0 Å². The topological polar surface area (TPSA) is 70.6 Å². The summed E-state index contributed by atoms with van der Waals surface area (Å²) in [7, 11) is 0. The number of nitrogens with one attached hydrogen (secondary N) is 1. The molecule has 0 atom stereocenters. The largest absolute Gasteiger partial charge is 0.507 e. The number of aromatic hydroxyl groups is 1. The van der Waals surface area contributed by atoms with Gasteiger partial charge in [-0.2, -0.15) is 5.10 Å². The van der Waals surface area contributed by atoms with Crippen LogP contribution in [0, 0.1) is 0 Å². The van der Waals surface area contributed by atoms with Crippen LogP contribution in [0.2, 0.25) is 0 Å². The standard InChI is InChI=1S/C15H15N3OS2/c1-21-13-6-4-10(5-7-13)11-2-3-12(14(19)8-11)9-17-18-15(16)20/h2-9,19H,1H3,(H3,16,18,20). The molecule has 0 radical (unpaired) electrons. The van der Waals surface area contributed by atoms with Crippen LogP contribution in [0.15, 0.2) is 52.5 Å². The molecule has 2 rings (SSSR count). The molecule has 0 aromatic heterocycles. The van der Waals surface area contributed by atoms with E-state index in [0.29, 0.717) is 5.56 Å². The zero-order valence-electron chi connectivity index (χ0n) is 11.4. The fraction of sp³-hybridized carbons (Fsp3) is 0.0667. The van der Waals surface area contributed by atoms with E-state index in [1.807, 2.05) is 24.5 Å². The highest BCUT2D eigenvalue weighted by atomic mass is 32.2. The van der Waals surface area contributed by atoms with Crippen LogP contribution in [0.4, 0.5) is 0 Å². The van der Waals surface area contributed by atoms with Crippen molar-refractivity contribution in [3.8, 4) is 16.9 Å². The average molecular weight is 317 g/mol. The third kappa shape index (κ3) is 4.21. The molecular formula is C15H15N3OS2. The van der Waals surface area contributed by atoms with Crippen LogP contribution in [0.1, 0.15) is 5.56 Å². The molecule has 2 aromatic rings. The summed E-state index contributed by atoms with van der Waals surface area (Å²) >= 11 is 6.33. The van der Waals surface area contributed by atoms with E-state index in [-0.39, 0.29) is 10.9 Å². The Bertz CT molecular complexity index is 669. The van der Waals surface area contributed by atoms with Crippen molar-refractivity contribution in [3.63, 3.8) is 0 Å². The van der Waals surface area contributed by atoms with Gasteiger partial charge in [0.2, 0.25) is 0 Å². The summed E-state index contributed by atoms with van der Waals surface area (Å²) in [4.78, 5) is 1.20. The molecule has 0 spiro atoms. The van der Waals surface area contributed by atoms with E-state index in [1.165, 1.54) is 11.1 Å². The van der Waals surface area contributed by atoms with Crippen LogP contribution < -0.4 is 11.2 Å². The second-order valence-corrected chi connectivity index (χ2v) is 5.56. The van der Waals surface area contributed by atoms with E-state index in [9.17, 15) is 5.11 Å². The van der Waals surface area contributed by atoms with E-state index in [4.69, 9.17) is 5.73 Å². The summed E-state index contributed by atoms with van der Waals surface area (Å²) in [6.07, 6.45) is 3.51. The van der Waals surface area contributed by atoms with Gasteiger partial charge in [-0.05, 0) is 53.9 Å². The molecule has 108 valence electrons. The van der Waals surface area contributed by atoms with E-state index in [1.54, 1.807) is 23.9 Å². The minimum Gasteiger partial charge on any atom is -0.507 e. The number of phenolic OH excluding ortho intramolecular Hbond substituents is 1. The van der Waals surface area contributed by atoms with Crippen molar-refractivity contribution in [3.05, 3.63) is 48.0 Å². The molecule has 6 heteroatoms. The summed E-state index contributed by atoms with van der Waals surface area (Å²) < 4.78 is 0. The molecule has 0 saturated heterocycles. The first-order chi connectivity index (χ1) is 10.1. The molecule has 0 unspecified atom stereocenters. The summed E-state index contributed by atoms with van der Waals surface area (Å²) in [5.41, 5.74) is 10.3. The number of thioether (sulfide) groups is 1. The summed E-state index contributed by atoms with van der Waals surface area (Å²) in [5.74, 6) is 0.148. The van der Waals surface area contributed by atoms with Crippen LogP contribution in [0.25, 0.3) is 11.1 Å². The van der Waals surface area contributed by atoms with E-state index in [0.717, 1.165) is 11.1 Å². The van der Waals surface area contributed by atoms with Gasteiger partial charge in [0.25, 0.3) is 0 Å². The van der Waals surface area contributed by atoms with Crippen molar-refractivity contribution in [1.82, 2.24) is 5.43 Å². The quantitative estimate of drug-likeness (QED) is 0.350. The Balaban J connectivity index is 2.21. The van der Waals surface area contributed by atoms with Crippen molar-refractivity contribution in [2.24, 2.45) is 10.8 Å². The summed E-state index contributed by atoms with van der Waals surface area (Å²) in [5, 5.41) is 13.9. The third-order valence-electron chi connectivity index (χ3n) is 2.83. The Kier molecular flexibility index (Phi) is 5.19. The minimum atomic E-state index is 0.0799. The molecule has 0 fully saturated rings. The smallest absolute Gasteiger partial charge is 0.184 e. The van der Waals surface area contributed by atoms with Crippen molar-refractivity contribution < 1.29 is 5.11 Å². The Morgan fingerprint density at radius 1 is 1.24 bits per heavy atom. The maximum atomic E-state index is 10.0. The van der Waals surface area contributed by atoms with Crippen molar-refractivity contribution in [1.29, 1.82) is 0 Å². The summed E-state index contributed by atoms with van der Waals surface area (Å²) in [6, 6.07) is 13.6. The molecule has 21 heavy (non-hydrogen) atoms. The first kappa shape index (κ1) is 15.3. The lowest BCUT2D eigenvalue weighted by atomic mass is 10.0. The lowest BCUT2D eigenvalue weighted by molar-refractivity contribution is 0.474. The maximum Gasteiger partial charge on any atom is 0.184 e. The van der Waals surface area contributed by atoms with Crippen LogP contribution in [0.3, 0.4) is 0 Å². The van der Waals surface area contributed by atoms with Crippen LogP contribution in [0.5, 0.6) is 5.75 Å². The van der Waals surface area contributed by atoms with Gasteiger partial charge >= 0.3 is 0 Å². The van der Waals surface area contributed by atoms with Gasteiger partial charge in [0, 0.05) is 10.5 Å². The molecule has 0 amide bonds. The van der Waals surface area contributed by atoms with Gasteiger partial charge in [0.15, 0.2) is 5.11 Å². The molecular weight excluding hydrogens is 302 g/mol. The molecule has 4 nitrogen and oxygen atoms in total. The van der Waals surface area contributed by atoms with Gasteiger partial charge in [-0.1, -0.05) is 18.2 Å². The Morgan fingerprint density at radius 3 is 2.48 bits per heavy atom. The molecule has 0 aliphatic carbocycles. The number of hydrogen-bond donors (Lipinski definition) is 3. The molecule has 0 heterocycles. The van der Waals surface area contributed by atoms with Gasteiger partial charge in [-0.3, -0.25) is 5.43 Å². The highest BCUT2D eigenvalue weighted by molar-refractivity contribution is 7.98. The fourth-order valence-electron chi connectivity index (χ4n) is 1.78. The number of thiocarbonyl (C=S) groups is 1. The molecule has 0 aliphatic heterocycles. The van der Waals surface area contributed by atoms with Crippen molar-refractivity contribution in [2.75, 3.05) is 6.26 Å². The molecule has 0 aliphatic rings. The predicted octanol–water partition coefficient (Wildman–Crippen LogP) is 2.95. The number of hydrogen-bond acceptors (Lipinski definition) is 4. The highest BCUT2D eigenvalue weighted by Gasteiger charge is 2.03. The van der Waals surface area contributed by atoms with E-state index >= 15 is 0 Å². The molecule has 0 bridgehead atoms. The zero-order chi connectivity index (χ0) is 15.2. The van der Waals surface area contributed by atoms with Gasteiger partial charge in [0.1, 0.15) is 5.75 Å². The van der Waals surface area contributed by atoms with E-state index < -0.39 is 0 Å². The number of nitrogens with two attached hydrogens (primary N) is 1. The number of benzene rings is 2. The van der Waals surface area contributed by atoms with Gasteiger partial charge in [-0.25, -0.2) is 0 Å². The number of hydrazone groups is 1. The van der Waals surface area contributed by atoms with E-state index in [2.05, 4.69) is 34.9 Å². The molecule has 2 aromatic carbocycles. The number of nitrogens with zero attached hydrogens (tertiary/aromatic N) is 1. The fourth-order valence-corrected chi connectivity index (χ4v) is 2.24. The van der Waals surface area contributed by atoms with Crippen LogP contribution >= 0.6 is 24.0 Å². The monoisotopic (exact) mass is 317 g/mol. The molecule has 0 saturated carbocycles. The average Bonchev–Trinajstić information content (AvgIpc) is 2.48. The zero-order valence-corrected chi connectivity index (χ0v) is 13.0. The first-order valence-corrected chi connectivity index (χ1v) is 7.79. The minimum absolute atomic E-state index is 0.0799. The van der Waals surface area contributed by atoms with Gasteiger partial charge in [-0.15, -0.1) is 11.8 Å². The predicted molar refractivity (Wildman–Crippen MR) is 92.8 cm³/mol. The van der Waals surface area contributed by atoms with Gasteiger partial charge in [0.05, 0.1) is 6.21 Å². The second kappa shape index (κ2) is 7.10. The number of rotatable bonds is 4. The lowest BCUT2D eigenvalue weighted by Gasteiger charge is -2.06. The summed E-state index contributed by atoms with van der Waals surface area (Å²) in [6.45, 7) is 0. The Labute approximate surface area is 133 Å². The lowest BCUT2D eigenvalue weighted by Crippen LogP contribution is -2.23. The van der Waals surface area contributed by atoms with Crippen molar-refractivity contribution in [2.45, 2.75) is 4.90 Å². The maximum absolute atomic E-state index is 10.0. The second-order valence-electron chi connectivity index (χ2n) is 4.24. The first-order valence-electron chi connectivity index (χ1n) is 6.16. The Hall–Kier alpha value is -2.05. The number of phenols is 1. The SMILES string of the molecule is CSc1ccc(-c2ccc(C=NNC(N)=S)c(O)c2)cc1. The highest BCUT2D eigenvalue weighted by Crippen LogP contribution is 2.27.